The van der Waals surface area contributed by atoms with Crippen molar-refractivity contribution in [2.75, 3.05) is 10.0 Å². The summed E-state index contributed by atoms with van der Waals surface area (Å²) in [5, 5.41) is 3.07. The molecule has 0 aliphatic carbocycles. The number of benzene rings is 3. The molecule has 152 valence electrons. The van der Waals surface area contributed by atoms with Gasteiger partial charge < -0.3 is 5.32 Å². The van der Waals surface area contributed by atoms with Gasteiger partial charge in [-0.1, -0.05) is 35.9 Å². The van der Waals surface area contributed by atoms with E-state index < -0.39 is 15.8 Å². The number of nitrogens with zero attached hydrogens (tertiary/aromatic N) is 2. The van der Waals surface area contributed by atoms with Gasteiger partial charge in [0.05, 0.1) is 26.6 Å². The first-order valence-electron chi connectivity index (χ1n) is 8.90. The van der Waals surface area contributed by atoms with Gasteiger partial charge in [0, 0.05) is 0 Å². The van der Waals surface area contributed by atoms with Gasteiger partial charge in [-0.3, -0.25) is 4.72 Å². The van der Waals surface area contributed by atoms with E-state index in [4.69, 9.17) is 11.6 Å². The minimum atomic E-state index is -3.92. The second kappa shape index (κ2) is 7.89. The van der Waals surface area contributed by atoms with Crippen LogP contribution < -0.4 is 10.0 Å². The highest BCUT2D eigenvalue weighted by molar-refractivity contribution is 7.92. The maximum Gasteiger partial charge on any atom is 0.263 e. The van der Waals surface area contributed by atoms with Crippen LogP contribution in [0.4, 0.5) is 21.7 Å². The second-order valence-corrected chi connectivity index (χ2v) is 8.67. The fraction of sp³-hybridized carbons (Fsp3) is 0.0476. The third-order valence-corrected chi connectivity index (χ3v) is 5.93. The zero-order valence-electron chi connectivity index (χ0n) is 15.7. The molecule has 3 aromatic carbocycles. The highest BCUT2D eigenvalue weighted by Crippen LogP contribution is 2.30. The Morgan fingerprint density at radius 3 is 2.27 bits per heavy atom. The molecule has 0 atom stereocenters. The number of nitrogens with one attached hydrogen (secondary N) is 2. The van der Waals surface area contributed by atoms with Gasteiger partial charge in [-0.25, -0.2) is 22.8 Å². The third kappa shape index (κ3) is 4.19. The van der Waals surface area contributed by atoms with Crippen LogP contribution in [0.15, 0.2) is 71.6 Å². The summed E-state index contributed by atoms with van der Waals surface area (Å²) in [7, 11) is -3.92. The van der Waals surface area contributed by atoms with E-state index >= 15 is 0 Å². The van der Waals surface area contributed by atoms with Gasteiger partial charge in [-0.15, -0.1) is 0 Å². The smallest absolute Gasteiger partial charge is 0.263 e. The van der Waals surface area contributed by atoms with E-state index in [-0.39, 0.29) is 21.6 Å². The standard InChI is InChI=1S/C21H16ClFN4O2S/c1-13-5-4-6-15(11-13)30(28,29)27-21-20(24-17-10-9-14(23)12-16(17)22)25-18-7-2-3-8-19(18)26-21/h2-12H,1H3,(H,24,25)(H,26,27). The Hall–Kier alpha value is -3.23. The van der Waals surface area contributed by atoms with Crippen LogP contribution in [0, 0.1) is 12.7 Å². The first-order valence-corrected chi connectivity index (χ1v) is 10.8. The summed E-state index contributed by atoms with van der Waals surface area (Å²) in [5.41, 5.74) is 2.23. The van der Waals surface area contributed by atoms with Gasteiger partial charge in [0.25, 0.3) is 10.0 Å². The van der Waals surface area contributed by atoms with Crippen molar-refractivity contribution in [3.63, 3.8) is 0 Å². The van der Waals surface area contributed by atoms with Crippen molar-refractivity contribution in [1.82, 2.24) is 9.97 Å². The summed E-state index contributed by atoms with van der Waals surface area (Å²) in [4.78, 5) is 9.00. The Morgan fingerprint density at radius 1 is 0.900 bits per heavy atom. The molecular weight excluding hydrogens is 427 g/mol. The molecule has 0 aliphatic heterocycles. The SMILES string of the molecule is Cc1cccc(S(=O)(=O)Nc2nc3ccccc3nc2Nc2ccc(F)cc2Cl)c1. The first-order chi connectivity index (χ1) is 14.3. The van der Waals surface area contributed by atoms with Crippen LogP contribution in [0.1, 0.15) is 5.56 Å². The Balaban J connectivity index is 1.80. The van der Waals surface area contributed by atoms with Crippen LogP contribution in [0.2, 0.25) is 5.02 Å². The number of aromatic nitrogens is 2. The van der Waals surface area contributed by atoms with Crippen molar-refractivity contribution in [3.8, 4) is 0 Å². The van der Waals surface area contributed by atoms with Gasteiger partial charge in [0.1, 0.15) is 5.82 Å². The van der Waals surface area contributed by atoms with E-state index in [0.717, 1.165) is 11.6 Å². The minimum Gasteiger partial charge on any atom is -0.336 e. The lowest BCUT2D eigenvalue weighted by molar-refractivity contribution is 0.601. The maximum atomic E-state index is 13.4. The molecule has 0 radical (unpaired) electrons. The summed E-state index contributed by atoms with van der Waals surface area (Å²) in [6, 6.07) is 17.4. The van der Waals surface area contributed by atoms with Crippen LogP contribution in [0.5, 0.6) is 0 Å². The molecule has 6 nitrogen and oxygen atoms in total. The fourth-order valence-corrected chi connectivity index (χ4v) is 4.17. The van der Waals surface area contributed by atoms with Crippen LogP contribution >= 0.6 is 11.6 Å². The normalized spacial score (nSPS) is 11.4. The Morgan fingerprint density at radius 2 is 1.60 bits per heavy atom. The number of aryl methyl sites for hydroxylation is 1. The number of hydrogen-bond donors (Lipinski definition) is 2. The zero-order chi connectivity index (χ0) is 21.3. The molecule has 0 bridgehead atoms. The second-order valence-electron chi connectivity index (χ2n) is 6.58. The quantitative estimate of drug-likeness (QED) is 0.439. The molecule has 9 heteroatoms. The first kappa shape index (κ1) is 20.1. The Labute approximate surface area is 177 Å². The largest absolute Gasteiger partial charge is 0.336 e. The van der Waals surface area contributed by atoms with Crippen LogP contribution in [-0.4, -0.2) is 18.4 Å². The van der Waals surface area contributed by atoms with Gasteiger partial charge in [-0.2, -0.15) is 0 Å². The molecule has 0 saturated heterocycles. The fourth-order valence-electron chi connectivity index (χ4n) is 2.85. The number of halogens is 2. The molecule has 1 aromatic heterocycles. The van der Waals surface area contributed by atoms with Crippen LogP contribution in [0.3, 0.4) is 0 Å². The van der Waals surface area contributed by atoms with Crippen molar-refractivity contribution in [2.24, 2.45) is 0 Å². The number of sulfonamides is 1. The number of fused-ring (bicyclic) bond motifs is 1. The third-order valence-electron chi connectivity index (χ3n) is 4.29. The van der Waals surface area contributed by atoms with E-state index in [2.05, 4.69) is 20.0 Å². The van der Waals surface area contributed by atoms with Crippen LogP contribution in [0.25, 0.3) is 11.0 Å². The average molecular weight is 443 g/mol. The number of anilines is 3. The number of para-hydroxylation sites is 2. The highest BCUT2D eigenvalue weighted by atomic mass is 35.5. The molecule has 0 amide bonds. The predicted octanol–water partition coefficient (Wildman–Crippen LogP) is 5.28. The van der Waals surface area contributed by atoms with Crippen molar-refractivity contribution in [1.29, 1.82) is 0 Å². The molecule has 0 unspecified atom stereocenters. The Kier molecular flexibility index (Phi) is 5.27. The summed E-state index contributed by atoms with van der Waals surface area (Å²) >= 11 is 6.11. The zero-order valence-corrected chi connectivity index (χ0v) is 17.3. The van der Waals surface area contributed by atoms with E-state index in [1.165, 1.54) is 18.2 Å². The minimum absolute atomic E-state index is 0.00408. The molecular formula is C21H16ClFN4O2S. The van der Waals surface area contributed by atoms with E-state index in [1.807, 2.05) is 0 Å². The van der Waals surface area contributed by atoms with Gasteiger partial charge in [-0.05, 0) is 55.0 Å². The lowest BCUT2D eigenvalue weighted by Crippen LogP contribution is -2.16. The summed E-state index contributed by atoms with van der Waals surface area (Å²) in [6.07, 6.45) is 0. The maximum absolute atomic E-state index is 13.4. The molecule has 0 fully saturated rings. The summed E-state index contributed by atoms with van der Waals surface area (Å²) in [6.45, 7) is 1.80. The lowest BCUT2D eigenvalue weighted by Gasteiger charge is -2.14. The molecule has 0 spiro atoms. The Bertz CT molecular complexity index is 1360. The average Bonchev–Trinajstić information content (AvgIpc) is 2.70. The van der Waals surface area contributed by atoms with Crippen molar-refractivity contribution in [3.05, 3.63) is 83.1 Å². The van der Waals surface area contributed by atoms with E-state index in [1.54, 1.807) is 49.4 Å². The van der Waals surface area contributed by atoms with Crippen molar-refractivity contribution >= 4 is 50.0 Å². The van der Waals surface area contributed by atoms with E-state index in [0.29, 0.717) is 16.7 Å². The van der Waals surface area contributed by atoms with Crippen LogP contribution in [-0.2, 0) is 10.0 Å². The molecule has 2 N–H and O–H groups in total. The number of rotatable bonds is 5. The molecule has 30 heavy (non-hydrogen) atoms. The lowest BCUT2D eigenvalue weighted by atomic mass is 10.2. The molecule has 0 aliphatic rings. The highest BCUT2D eigenvalue weighted by Gasteiger charge is 2.19. The molecule has 1 heterocycles. The monoisotopic (exact) mass is 442 g/mol. The molecule has 4 aromatic rings. The van der Waals surface area contributed by atoms with Gasteiger partial charge in [0.2, 0.25) is 0 Å². The topological polar surface area (TPSA) is 84.0 Å². The van der Waals surface area contributed by atoms with E-state index in [9.17, 15) is 12.8 Å². The van der Waals surface area contributed by atoms with Crippen molar-refractivity contribution in [2.45, 2.75) is 11.8 Å². The number of hydrogen-bond acceptors (Lipinski definition) is 5. The van der Waals surface area contributed by atoms with Gasteiger partial charge in [0.15, 0.2) is 11.6 Å². The van der Waals surface area contributed by atoms with Crippen molar-refractivity contribution < 1.29 is 12.8 Å². The molecule has 0 saturated carbocycles. The molecule has 4 rings (SSSR count). The summed E-state index contributed by atoms with van der Waals surface area (Å²) in [5.74, 6) is -0.357. The van der Waals surface area contributed by atoms with Gasteiger partial charge >= 0.3 is 0 Å². The summed E-state index contributed by atoms with van der Waals surface area (Å²) < 4.78 is 41.7. The predicted molar refractivity (Wildman–Crippen MR) is 116 cm³/mol.